The van der Waals surface area contributed by atoms with Gasteiger partial charge in [0.25, 0.3) is 0 Å². The van der Waals surface area contributed by atoms with E-state index in [-0.39, 0.29) is 5.60 Å². The fourth-order valence-electron chi connectivity index (χ4n) is 1.41. The molecule has 0 aliphatic carbocycles. The summed E-state index contributed by atoms with van der Waals surface area (Å²) in [5, 5.41) is 0. The number of likely N-dealkylation sites (N-methyl/N-ethyl adjacent to an activating group) is 1. The first kappa shape index (κ1) is 11.6. The Bertz CT molecular complexity index is 205. The Labute approximate surface area is 88.1 Å². The summed E-state index contributed by atoms with van der Waals surface area (Å²) in [5.41, 5.74) is -0.201. The van der Waals surface area contributed by atoms with Crippen LogP contribution in [0, 0.1) is 0 Å². The van der Waals surface area contributed by atoms with Crippen LogP contribution in [-0.4, -0.2) is 61.9 Å². The molecule has 3 nitrogen and oxygen atoms in total. The first-order valence-corrected chi connectivity index (χ1v) is 5.13. The summed E-state index contributed by atoms with van der Waals surface area (Å²) >= 11 is 0. The fraction of sp³-hybridized carbons (Fsp3) is 0.900. The quantitative estimate of drug-likeness (QED) is 0.589. The Kier molecular flexibility index (Phi) is 3.59. The van der Waals surface area contributed by atoms with Gasteiger partial charge in [-0.1, -0.05) is 0 Å². The third-order valence-electron chi connectivity index (χ3n) is 2.23. The summed E-state index contributed by atoms with van der Waals surface area (Å²) in [6.07, 6.45) is 0. The molecule has 14 heavy (non-hydrogen) atoms. The number of ether oxygens (including phenoxy) is 1. The average molecular weight is 195 g/mol. The van der Waals surface area contributed by atoms with E-state index >= 15 is 0 Å². The van der Waals surface area contributed by atoms with Gasteiger partial charge < -0.3 is 0 Å². The van der Waals surface area contributed by atoms with E-state index in [1.807, 2.05) is 20.8 Å². The molecule has 0 spiro atoms. The molecule has 0 amide bonds. The maximum absolute atomic E-state index is 5.88. The van der Waals surface area contributed by atoms with Crippen molar-refractivity contribution in [3.8, 4) is 0 Å². The molecule has 1 rings (SSSR count). The van der Waals surface area contributed by atoms with Crippen molar-refractivity contribution in [1.29, 1.82) is 0 Å². The molecule has 1 aliphatic heterocycles. The first-order valence-electron chi connectivity index (χ1n) is 5.13. The predicted molar refractivity (Wildman–Crippen MR) is 60.7 cm³/mol. The average Bonchev–Trinajstić information content (AvgIpc) is 2.02. The molecule has 0 aromatic heterocycles. The monoisotopic (exact) mass is 195 g/mol. The van der Waals surface area contributed by atoms with E-state index < -0.39 is 0 Å². The number of piperazine rings is 1. The SMILES string of the molecule is [B]=C(OC(C)(C)C)N1CCN(C)CC1. The van der Waals surface area contributed by atoms with Gasteiger partial charge in [0, 0.05) is 0 Å². The first-order chi connectivity index (χ1) is 6.38. The summed E-state index contributed by atoms with van der Waals surface area (Å²) in [7, 11) is 8.01. The fourth-order valence-corrected chi connectivity index (χ4v) is 1.41. The van der Waals surface area contributed by atoms with Crippen molar-refractivity contribution in [3.63, 3.8) is 0 Å². The standard InChI is InChI=1S/C10H20BN2O/c1-10(2,3)14-9(11)13-7-5-12(4)6-8-13/h5-8H2,1-4H3. The normalized spacial score (nSPS) is 19.5. The summed E-state index contributed by atoms with van der Waals surface area (Å²) in [6.45, 7) is 10.0. The van der Waals surface area contributed by atoms with E-state index in [9.17, 15) is 0 Å². The van der Waals surface area contributed by atoms with E-state index in [4.69, 9.17) is 12.2 Å². The molecular formula is C10H20BN2O. The van der Waals surface area contributed by atoms with Crippen LogP contribution in [0.3, 0.4) is 0 Å². The van der Waals surface area contributed by atoms with Crippen LogP contribution in [0.5, 0.6) is 0 Å². The van der Waals surface area contributed by atoms with Crippen LogP contribution >= 0.6 is 0 Å². The van der Waals surface area contributed by atoms with Gasteiger partial charge >= 0.3 is 87.4 Å². The van der Waals surface area contributed by atoms with Gasteiger partial charge in [-0.2, -0.15) is 0 Å². The molecule has 0 bridgehead atoms. The van der Waals surface area contributed by atoms with Gasteiger partial charge in [0.1, 0.15) is 0 Å². The van der Waals surface area contributed by atoms with E-state index in [0.717, 1.165) is 26.2 Å². The van der Waals surface area contributed by atoms with Gasteiger partial charge in [0.2, 0.25) is 0 Å². The van der Waals surface area contributed by atoms with Crippen molar-refractivity contribution < 1.29 is 4.74 Å². The molecule has 0 N–H and O–H groups in total. The molecule has 1 fully saturated rings. The molecule has 1 saturated heterocycles. The van der Waals surface area contributed by atoms with Gasteiger partial charge in [-0.3, -0.25) is 0 Å². The Morgan fingerprint density at radius 1 is 1.14 bits per heavy atom. The van der Waals surface area contributed by atoms with Crippen molar-refractivity contribution in [3.05, 3.63) is 0 Å². The van der Waals surface area contributed by atoms with Gasteiger partial charge in [-0.15, -0.1) is 0 Å². The number of hydrogen-bond donors (Lipinski definition) is 0. The molecular weight excluding hydrogens is 175 g/mol. The van der Waals surface area contributed by atoms with E-state index in [0.29, 0.717) is 5.77 Å². The van der Waals surface area contributed by atoms with Gasteiger partial charge in [0.15, 0.2) is 0 Å². The Morgan fingerprint density at radius 2 is 1.64 bits per heavy atom. The third-order valence-corrected chi connectivity index (χ3v) is 2.23. The van der Waals surface area contributed by atoms with Crippen LogP contribution < -0.4 is 0 Å². The molecule has 1 heterocycles. The van der Waals surface area contributed by atoms with Crippen molar-refractivity contribution in [1.82, 2.24) is 9.80 Å². The summed E-state index contributed by atoms with van der Waals surface area (Å²) in [6, 6.07) is 0. The molecule has 1 aliphatic rings. The summed E-state index contributed by atoms with van der Waals surface area (Å²) < 4.78 is 5.61. The van der Waals surface area contributed by atoms with Crippen molar-refractivity contribution >= 4 is 13.3 Å². The Hall–Kier alpha value is -0.505. The van der Waals surface area contributed by atoms with Crippen LogP contribution in [0.1, 0.15) is 20.8 Å². The van der Waals surface area contributed by atoms with Crippen molar-refractivity contribution in [2.75, 3.05) is 33.2 Å². The molecule has 0 unspecified atom stereocenters. The second-order valence-electron chi connectivity index (χ2n) is 4.84. The minimum absolute atomic E-state index is 0.201. The van der Waals surface area contributed by atoms with Crippen molar-refractivity contribution in [2.24, 2.45) is 0 Å². The summed E-state index contributed by atoms with van der Waals surface area (Å²) in [4.78, 5) is 4.39. The van der Waals surface area contributed by atoms with Crippen LogP contribution in [0.2, 0.25) is 0 Å². The molecule has 4 heteroatoms. The number of hydrogen-bond acceptors (Lipinski definition) is 3. The third kappa shape index (κ3) is 3.70. The van der Waals surface area contributed by atoms with Gasteiger partial charge in [-0.05, 0) is 0 Å². The Balaban J connectivity index is 2.38. The van der Waals surface area contributed by atoms with Crippen LogP contribution in [0.25, 0.3) is 0 Å². The molecule has 0 saturated carbocycles. The second kappa shape index (κ2) is 4.34. The molecule has 1 radical (unpaired) electrons. The maximum atomic E-state index is 5.88. The Morgan fingerprint density at radius 3 is 2.07 bits per heavy atom. The molecule has 0 atom stereocenters. The molecule has 0 aromatic rings. The zero-order chi connectivity index (χ0) is 10.8. The van der Waals surface area contributed by atoms with Gasteiger partial charge in [-0.25, -0.2) is 0 Å². The van der Waals surface area contributed by atoms with Gasteiger partial charge in [0.05, 0.1) is 0 Å². The zero-order valence-corrected chi connectivity index (χ0v) is 9.71. The minimum atomic E-state index is -0.201. The van der Waals surface area contributed by atoms with Crippen LogP contribution in [0.4, 0.5) is 0 Å². The number of nitrogens with zero attached hydrogens (tertiary/aromatic N) is 2. The number of rotatable bonds is 2. The molecule has 79 valence electrons. The zero-order valence-electron chi connectivity index (χ0n) is 9.71. The molecule has 0 aromatic carbocycles. The van der Waals surface area contributed by atoms with Crippen LogP contribution in [-0.2, 0) is 4.74 Å². The van der Waals surface area contributed by atoms with Crippen LogP contribution in [0.15, 0.2) is 0 Å². The second-order valence-corrected chi connectivity index (χ2v) is 4.84. The van der Waals surface area contributed by atoms with E-state index in [1.165, 1.54) is 0 Å². The van der Waals surface area contributed by atoms with E-state index in [2.05, 4.69) is 16.8 Å². The predicted octanol–water partition coefficient (Wildman–Crippen LogP) is 0.305. The van der Waals surface area contributed by atoms with Crippen molar-refractivity contribution in [2.45, 2.75) is 26.4 Å². The van der Waals surface area contributed by atoms with E-state index in [1.54, 1.807) is 0 Å². The summed E-state index contributed by atoms with van der Waals surface area (Å²) in [5.74, 6) is 0.561. The topological polar surface area (TPSA) is 15.7 Å².